The van der Waals surface area contributed by atoms with Crippen LogP contribution in [0.3, 0.4) is 0 Å². The molecule has 2 rings (SSSR count). The molecule has 0 aliphatic heterocycles. The van der Waals surface area contributed by atoms with Gasteiger partial charge in [0.25, 0.3) is 5.69 Å². The van der Waals surface area contributed by atoms with E-state index in [1.54, 1.807) is 13.8 Å². The normalized spacial score (nSPS) is 10.9. The number of nitro benzene ring substituents is 1. The third-order valence-corrected chi connectivity index (χ3v) is 3.29. The molecule has 0 saturated carbocycles. The number of aryl methyl sites for hydroxylation is 2. The van der Waals surface area contributed by atoms with Gasteiger partial charge in [-0.3, -0.25) is 10.1 Å². The molecule has 1 heterocycles. The number of fused-ring (bicyclic) bond motifs is 1. The minimum atomic E-state index is -0.718. The van der Waals surface area contributed by atoms with Crippen molar-refractivity contribution in [3.63, 3.8) is 0 Å². The van der Waals surface area contributed by atoms with Crippen LogP contribution in [-0.4, -0.2) is 4.92 Å². The average Bonchev–Trinajstić information content (AvgIpc) is 2.34. The van der Waals surface area contributed by atoms with Crippen LogP contribution in [0.25, 0.3) is 11.0 Å². The second-order valence-electron chi connectivity index (χ2n) is 4.33. The van der Waals surface area contributed by atoms with Crippen LogP contribution in [-0.2, 0) is 6.42 Å². The molecule has 6 nitrogen and oxygen atoms in total. The smallest absolute Gasteiger partial charge is 0.339 e. The SMILES string of the molecule is CCc1c(C)c2cc([N+](=O)[O-])c([O-])c(C)c2oc1=O. The highest BCUT2D eigenvalue weighted by Gasteiger charge is 2.18. The highest BCUT2D eigenvalue weighted by atomic mass is 16.6. The van der Waals surface area contributed by atoms with Crippen molar-refractivity contribution in [1.29, 1.82) is 0 Å². The van der Waals surface area contributed by atoms with E-state index >= 15 is 0 Å². The standard InChI is InChI=1S/C13H13NO5/c1-4-8-6(2)9-5-10(14(17)18)11(15)7(3)12(9)19-13(8)16/h5,15H,4H2,1-3H3/p-1. The van der Waals surface area contributed by atoms with Crippen LogP contribution >= 0.6 is 0 Å². The zero-order valence-electron chi connectivity index (χ0n) is 10.8. The van der Waals surface area contributed by atoms with Crippen molar-refractivity contribution >= 4 is 16.7 Å². The molecule has 0 saturated heterocycles. The van der Waals surface area contributed by atoms with E-state index in [4.69, 9.17) is 4.42 Å². The number of benzene rings is 1. The fourth-order valence-electron chi connectivity index (χ4n) is 2.19. The summed E-state index contributed by atoms with van der Waals surface area (Å²) in [6.45, 7) is 4.92. The van der Waals surface area contributed by atoms with Gasteiger partial charge >= 0.3 is 5.63 Å². The number of rotatable bonds is 2. The first-order chi connectivity index (χ1) is 8.88. The van der Waals surface area contributed by atoms with Crippen molar-refractivity contribution in [3.05, 3.63) is 43.3 Å². The third kappa shape index (κ3) is 1.85. The van der Waals surface area contributed by atoms with Gasteiger partial charge in [-0.15, -0.1) is 0 Å². The van der Waals surface area contributed by atoms with Crippen molar-refractivity contribution in [2.24, 2.45) is 0 Å². The Bertz CT molecular complexity index is 745. The van der Waals surface area contributed by atoms with Gasteiger partial charge in [0.2, 0.25) is 0 Å². The maximum Gasteiger partial charge on any atom is 0.339 e. The lowest BCUT2D eigenvalue weighted by Gasteiger charge is -2.14. The Hall–Kier alpha value is -2.37. The molecule has 2 aromatic rings. The molecule has 100 valence electrons. The van der Waals surface area contributed by atoms with Crippen LogP contribution in [0.15, 0.2) is 15.3 Å². The highest BCUT2D eigenvalue weighted by Crippen LogP contribution is 2.35. The molecular weight excluding hydrogens is 250 g/mol. The summed E-state index contributed by atoms with van der Waals surface area (Å²) in [6.07, 6.45) is 0.468. The summed E-state index contributed by atoms with van der Waals surface area (Å²) < 4.78 is 5.13. The molecule has 1 aromatic heterocycles. The lowest BCUT2D eigenvalue weighted by atomic mass is 10.0. The summed E-state index contributed by atoms with van der Waals surface area (Å²) in [7, 11) is 0. The second kappa shape index (κ2) is 4.38. The Morgan fingerprint density at radius 1 is 1.32 bits per heavy atom. The van der Waals surface area contributed by atoms with Crippen molar-refractivity contribution < 1.29 is 14.4 Å². The molecule has 0 fully saturated rings. The van der Waals surface area contributed by atoms with Crippen molar-refractivity contribution in [3.8, 4) is 5.75 Å². The molecule has 0 N–H and O–H groups in total. The maximum atomic E-state index is 11.8. The minimum absolute atomic E-state index is 0.0899. The van der Waals surface area contributed by atoms with E-state index < -0.39 is 22.0 Å². The molecule has 19 heavy (non-hydrogen) atoms. The predicted molar refractivity (Wildman–Crippen MR) is 67.4 cm³/mol. The molecule has 0 radical (unpaired) electrons. The average molecular weight is 262 g/mol. The van der Waals surface area contributed by atoms with Crippen LogP contribution in [0.4, 0.5) is 5.69 Å². The van der Waals surface area contributed by atoms with Gasteiger partial charge in [-0.1, -0.05) is 6.92 Å². The van der Waals surface area contributed by atoms with Crippen LogP contribution in [0, 0.1) is 24.0 Å². The first kappa shape index (κ1) is 13.1. The fraction of sp³-hybridized carbons (Fsp3) is 0.308. The van der Waals surface area contributed by atoms with Crippen LogP contribution in [0.1, 0.15) is 23.6 Å². The second-order valence-corrected chi connectivity index (χ2v) is 4.33. The van der Waals surface area contributed by atoms with Crippen LogP contribution in [0.5, 0.6) is 5.75 Å². The Labute approximate surface area is 108 Å². The summed E-state index contributed by atoms with van der Waals surface area (Å²) in [5.41, 5.74) is 0.329. The van der Waals surface area contributed by atoms with Gasteiger partial charge in [-0.2, -0.15) is 0 Å². The number of nitro groups is 1. The van der Waals surface area contributed by atoms with Gasteiger partial charge in [0.15, 0.2) is 0 Å². The third-order valence-electron chi connectivity index (χ3n) is 3.29. The van der Waals surface area contributed by atoms with Gasteiger partial charge in [-0.25, -0.2) is 4.79 Å². The van der Waals surface area contributed by atoms with Gasteiger partial charge < -0.3 is 9.52 Å². The lowest BCUT2D eigenvalue weighted by molar-refractivity contribution is -0.398. The Balaban J connectivity index is 3.02. The molecule has 0 bridgehead atoms. The monoisotopic (exact) mass is 262 g/mol. The zero-order chi connectivity index (χ0) is 14.3. The minimum Gasteiger partial charge on any atom is -0.868 e. The Morgan fingerprint density at radius 3 is 2.47 bits per heavy atom. The Kier molecular flexibility index (Phi) is 3.01. The predicted octanol–water partition coefficient (Wildman–Crippen LogP) is 1.95. The number of hydrogen-bond acceptors (Lipinski definition) is 5. The molecule has 1 aromatic carbocycles. The maximum absolute atomic E-state index is 11.8. The lowest BCUT2D eigenvalue weighted by Crippen LogP contribution is -2.10. The van der Waals surface area contributed by atoms with E-state index in [0.717, 1.165) is 0 Å². The van der Waals surface area contributed by atoms with Gasteiger partial charge in [-0.05, 0) is 37.1 Å². The van der Waals surface area contributed by atoms with E-state index in [-0.39, 0.29) is 11.1 Å². The van der Waals surface area contributed by atoms with E-state index in [0.29, 0.717) is 22.9 Å². The van der Waals surface area contributed by atoms with Gasteiger partial charge in [0.05, 0.1) is 4.92 Å². The molecule has 0 amide bonds. The first-order valence-electron chi connectivity index (χ1n) is 5.79. The summed E-state index contributed by atoms with van der Waals surface area (Å²) in [6, 6.07) is 1.18. The number of nitrogens with zero attached hydrogens (tertiary/aromatic N) is 1. The van der Waals surface area contributed by atoms with Gasteiger partial charge in [0, 0.05) is 17.0 Å². The molecular formula is C13H12NO5-. The van der Waals surface area contributed by atoms with Crippen molar-refractivity contribution in [1.82, 2.24) is 0 Å². The van der Waals surface area contributed by atoms with Crippen molar-refractivity contribution in [2.75, 3.05) is 0 Å². The van der Waals surface area contributed by atoms with Gasteiger partial charge in [0.1, 0.15) is 5.58 Å². The van der Waals surface area contributed by atoms with E-state index in [1.165, 1.54) is 13.0 Å². The fourth-order valence-corrected chi connectivity index (χ4v) is 2.19. The highest BCUT2D eigenvalue weighted by molar-refractivity contribution is 5.88. The summed E-state index contributed by atoms with van der Waals surface area (Å²) in [5.74, 6) is -0.718. The zero-order valence-corrected chi connectivity index (χ0v) is 10.8. The summed E-state index contributed by atoms with van der Waals surface area (Å²) >= 11 is 0. The molecule has 0 unspecified atom stereocenters. The molecule has 0 aliphatic carbocycles. The van der Waals surface area contributed by atoms with E-state index in [9.17, 15) is 20.0 Å². The summed E-state index contributed by atoms with van der Waals surface area (Å²) in [5, 5.41) is 23.1. The number of hydrogen-bond donors (Lipinski definition) is 0. The molecule has 0 aliphatic rings. The van der Waals surface area contributed by atoms with Crippen LogP contribution < -0.4 is 10.7 Å². The largest absolute Gasteiger partial charge is 0.868 e. The molecule has 0 atom stereocenters. The quantitative estimate of drug-likeness (QED) is 0.468. The molecule has 6 heteroatoms. The van der Waals surface area contributed by atoms with E-state index in [2.05, 4.69) is 0 Å². The first-order valence-corrected chi connectivity index (χ1v) is 5.79. The Morgan fingerprint density at radius 2 is 1.95 bits per heavy atom. The van der Waals surface area contributed by atoms with Crippen molar-refractivity contribution in [2.45, 2.75) is 27.2 Å². The molecule has 0 spiro atoms. The summed E-state index contributed by atoms with van der Waals surface area (Å²) in [4.78, 5) is 21.9. The van der Waals surface area contributed by atoms with Crippen LogP contribution in [0.2, 0.25) is 0 Å². The topological polar surface area (TPSA) is 96.4 Å². The van der Waals surface area contributed by atoms with E-state index in [1.807, 2.05) is 0 Å².